The monoisotopic (exact) mass is 697 g/mol. The number of nitrogens with zero attached hydrogens (tertiary/aromatic N) is 2. The maximum Gasteiger partial charge on any atom is 0.264 e. The zero-order valence-corrected chi connectivity index (χ0v) is 27.7. The highest BCUT2D eigenvalue weighted by molar-refractivity contribution is 9.10. The Bertz CT molecular complexity index is 1490. The maximum atomic E-state index is 14.1. The fourth-order valence-electron chi connectivity index (χ4n) is 4.02. The molecular formula is C30H34BrCl2N3O5S. The summed E-state index contributed by atoms with van der Waals surface area (Å²) in [5, 5.41) is 3.64. The van der Waals surface area contributed by atoms with E-state index in [9.17, 15) is 18.0 Å². The lowest BCUT2D eigenvalue weighted by molar-refractivity contribution is -0.139. The van der Waals surface area contributed by atoms with Crippen molar-refractivity contribution in [3.8, 4) is 5.75 Å². The highest BCUT2D eigenvalue weighted by Gasteiger charge is 2.33. The van der Waals surface area contributed by atoms with Gasteiger partial charge in [0.05, 0.1) is 17.2 Å². The number of hydrogen-bond donors (Lipinski definition) is 1. The second-order valence-corrected chi connectivity index (χ2v) is 13.3. The minimum absolute atomic E-state index is 0.00208. The van der Waals surface area contributed by atoms with Crippen molar-refractivity contribution in [2.24, 2.45) is 0 Å². The topological polar surface area (TPSA) is 96.0 Å². The van der Waals surface area contributed by atoms with Gasteiger partial charge in [-0.3, -0.25) is 13.9 Å². The summed E-state index contributed by atoms with van der Waals surface area (Å²) >= 11 is 15.8. The van der Waals surface area contributed by atoms with Gasteiger partial charge in [0.25, 0.3) is 10.0 Å². The Morgan fingerprint density at radius 3 is 2.19 bits per heavy atom. The van der Waals surface area contributed by atoms with Gasteiger partial charge < -0.3 is 15.0 Å². The predicted octanol–water partition coefficient (Wildman–Crippen LogP) is 6.68. The van der Waals surface area contributed by atoms with Crippen LogP contribution in [0.2, 0.25) is 10.0 Å². The van der Waals surface area contributed by atoms with Crippen LogP contribution in [0.15, 0.2) is 76.1 Å². The molecule has 226 valence electrons. The molecule has 0 saturated heterocycles. The van der Waals surface area contributed by atoms with Crippen molar-refractivity contribution < 1.29 is 22.7 Å². The van der Waals surface area contributed by atoms with Gasteiger partial charge in [-0.25, -0.2) is 8.42 Å². The Morgan fingerprint density at radius 1 is 0.976 bits per heavy atom. The third-order valence-electron chi connectivity index (χ3n) is 6.64. The van der Waals surface area contributed by atoms with Crippen LogP contribution in [0.4, 0.5) is 5.69 Å². The van der Waals surface area contributed by atoms with E-state index in [0.717, 1.165) is 4.31 Å². The standard InChI is InChI=1S/C30H34BrCl2N3O5S/c1-5-20(3)34-30(38)21(4)35(18-22-7-10-24(32)17-28(22)33)29(37)19-36(25-11-13-26(14-12-25)41-6-2)42(39,40)27-15-8-23(31)9-16-27/h7-17,20-21H,5-6,18-19H2,1-4H3,(H,34,38)/t20-,21+/m0/s1. The number of ether oxygens (including phenoxy) is 1. The minimum Gasteiger partial charge on any atom is -0.494 e. The van der Waals surface area contributed by atoms with Crippen molar-refractivity contribution in [3.63, 3.8) is 0 Å². The molecule has 0 aliphatic carbocycles. The molecule has 3 rings (SSSR count). The molecule has 0 spiro atoms. The molecular weight excluding hydrogens is 665 g/mol. The summed E-state index contributed by atoms with van der Waals surface area (Å²) in [5.41, 5.74) is 0.817. The molecule has 1 N–H and O–H groups in total. The number of anilines is 1. The third-order valence-corrected chi connectivity index (χ3v) is 9.54. The van der Waals surface area contributed by atoms with Gasteiger partial charge >= 0.3 is 0 Å². The molecule has 3 aromatic carbocycles. The lowest BCUT2D eigenvalue weighted by Gasteiger charge is -2.32. The second kappa shape index (κ2) is 15.1. The molecule has 0 aliphatic rings. The summed E-state index contributed by atoms with van der Waals surface area (Å²) < 4.78 is 35.1. The number of halogens is 3. The first-order valence-electron chi connectivity index (χ1n) is 13.4. The van der Waals surface area contributed by atoms with Gasteiger partial charge in [0.15, 0.2) is 0 Å². The van der Waals surface area contributed by atoms with E-state index in [1.165, 1.54) is 17.0 Å². The van der Waals surface area contributed by atoms with Crippen LogP contribution in [0.1, 0.15) is 39.7 Å². The molecule has 0 radical (unpaired) electrons. The first-order valence-corrected chi connectivity index (χ1v) is 16.4. The molecule has 0 aliphatic heterocycles. The first-order chi connectivity index (χ1) is 19.9. The van der Waals surface area contributed by atoms with E-state index < -0.39 is 28.5 Å². The van der Waals surface area contributed by atoms with Crippen molar-refractivity contribution in [2.75, 3.05) is 17.5 Å². The van der Waals surface area contributed by atoms with Crippen LogP contribution in [-0.2, 0) is 26.2 Å². The lowest BCUT2D eigenvalue weighted by Crippen LogP contribution is -2.52. The number of amides is 2. The van der Waals surface area contributed by atoms with Crippen molar-refractivity contribution >= 4 is 66.7 Å². The molecule has 42 heavy (non-hydrogen) atoms. The summed E-state index contributed by atoms with van der Waals surface area (Å²) in [6, 6.07) is 16.4. The van der Waals surface area contributed by atoms with Gasteiger partial charge in [-0.15, -0.1) is 0 Å². The normalized spacial score (nSPS) is 12.7. The van der Waals surface area contributed by atoms with Crippen molar-refractivity contribution in [1.29, 1.82) is 0 Å². The second-order valence-electron chi connectivity index (χ2n) is 9.64. The SMILES string of the molecule is CCOc1ccc(N(CC(=O)N(Cc2ccc(Cl)cc2Cl)[C@H](C)C(=O)N[C@@H](C)CC)S(=O)(=O)c2ccc(Br)cc2)cc1. The van der Waals surface area contributed by atoms with Gasteiger partial charge in [-0.2, -0.15) is 0 Å². The molecule has 0 saturated carbocycles. The number of carbonyl (C=O) groups is 2. The van der Waals surface area contributed by atoms with Crippen LogP contribution in [0.3, 0.4) is 0 Å². The Balaban J connectivity index is 2.05. The van der Waals surface area contributed by atoms with Crippen LogP contribution in [0.5, 0.6) is 5.75 Å². The van der Waals surface area contributed by atoms with E-state index in [2.05, 4.69) is 21.2 Å². The number of hydrogen-bond acceptors (Lipinski definition) is 5. The first kappa shape index (κ1) is 33.7. The Morgan fingerprint density at radius 2 is 1.62 bits per heavy atom. The fraction of sp³-hybridized carbons (Fsp3) is 0.333. The predicted molar refractivity (Wildman–Crippen MR) is 171 cm³/mol. The zero-order valence-electron chi connectivity index (χ0n) is 23.8. The third kappa shape index (κ3) is 8.63. The Labute approximate surface area is 266 Å². The van der Waals surface area contributed by atoms with Gasteiger partial charge in [-0.05, 0) is 93.4 Å². The highest BCUT2D eigenvalue weighted by atomic mass is 79.9. The molecule has 0 aromatic heterocycles. The maximum absolute atomic E-state index is 14.1. The summed E-state index contributed by atoms with van der Waals surface area (Å²) in [6.45, 7) is 7.08. The number of rotatable bonds is 13. The van der Waals surface area contributed by atoms with Gasteiger partial charge in [-0.1, -0.05) is 52.1 Å². The molecule has 2 atom stereocenters. The number of benzene rings is 3. The van der Waals surface area contributed by atoms with Crippen molar-refractivity contribution in [1.82, 2.24) is 10.2 Å². The highest BCUT2D eigenvalue weighted by Crippen LogP contribution is 2.28. The van der Waals surface area contributed by atoms with Gasteiger partial charge in [0, 0.05) is 27.1 Å². The van der Waals surface area contributed by atoms with Gasteiger partial charge in [0.1, 0.15) is 18.3 Å². The van der Waals surface area contributed by atoms with E-state index in [0.29, 0.717) is 38.9 Å². The molecule has 3 aromatic rings. The summed E-state index contributed by atoms with van der Waals surface area (Å²) in [7, 11) is -4.20. The summed E-state index contributed by atoms with van der Waals surface area (Å²) in [5.74, 6) is -0.406. The molecule has 0 unspecified atom stereocenters. The van der Waals surface area contributed by atoms with Gasteiger partial charge in [0.2, 0.25) is 11.8 Å². The average Bonchev–Trinajstić information content (AvgIpc) is 2.95. The fourth-order valence-corrected chi connectivity index (χ4v) is 6.17. The van der Waals surface area contributed by atoms with E-state index >= 15 is 0 Å². The van der Waals surface area contributed by atoms with Crippen LogP contribution in [0, 0.1) is 0 Å². The van der Waals surface area contributed by atoms with Crippen LogP contribution in [-0.4, -0.2) is 50.4 Å². The molecule has 0 bridgehead atoms. The Kier molecular flexibility index (Phi) is 12.1. The summed E-state index contributed by atoms with van der Waals surface area (Å²) in [4.78, 5) is 28.6. The zero-order chi connectivity index (χ0) is 31.0. The largest absolute Gasteiger partial charge is 0.494 e. The van der Waals surface area contributed by atoms with E-state index in [-0.39, 0.29) is 29.1 Å². The number of sulfonamides is 1. The quantitative estimate of drug-likeness (QED) is 0.215. The number of carbonyl (C=O) groups excluding carboxylic acids is 2. The van der Waals surface area contributed by atoms with Crippen LogP contribution >= 0.6 is 39.1 Å². The Hall–Kier alpha value is -2.79. The lowest BCUT2D eigenvalue weighted by atomic mass is 10.1. The van der Waals surface area contributed by atoms with Crippen LogP contribution in [0.25, 0.3) is 0 Å². The van der Waals surface area contributed by atoms with Crippen molar-refractivity contribution in [2.45, 2.75) is 57.6 Å². The van der Waals surface area contributed by atoms with Crippen molar-refractivity contribution in [3.05, 3.63) is 86.8 Å². The molecule has 0 heterocycles. The van der Waals surface area contributed by atoms with E-state index in [1.807, 2.05) is 20.8 Å². The van der Waals surface area contributed by atoms with E-state index in [1.54, 1.807) is 61.5 Å². The smallest absolute Gasteiger partial charge is 0.264 e. The number of nitrogens with one attached hydrogen (secondary N) is 1. The average molecular weight is 699 g/mol. The van der Waals surface area contributed by atoms with E-state index in [4.69, 9.17) is 27.9 Å². The summed E-state index contributed by atoms with van der Waals surface area (Å²) in [6.07, 6.45) is 0.701. The minimum atomic E-state index is -4.20. The molecule has 2 amide bonds. The molecule has 12 heteroatoms. The molecule has 8 nitrogen and oxygen atoms in total. The molecule has 0 fully saturated rings. The van der Waals surface area contributed by atoms with Crippen LogP contribution < -0.4 is 14.4 Å².